The lowest BCUT2D eigenvalue weighted by Crippen LogP contribution is -2.48. The number of benzene rings is 2. The van der Waals surface area contributed by atoms with Gasteiger partial charge in [-0.1, -0.05) is 67.1 Å². The number of hydrogen-bond donors (Lipinski definition) is 1. The SMILES string of the molecule is CCCNC(=O)[C@@H](C)N(Cc1ccc(C)cc1)C(=O)CSCc1ccccc1. The van der Waals surface area contributed by atoms with E-state index in [1.54, 1.807) is 23.6 Å². The average Bonchev–Trinajstić information content (AvgIpc) is 2.71. The lowest BCUT2D eigenvalue weighted by atomic mass is 10.1. The van der Waals surface area contributed by atoms with E-state index in [2.05, 4.69) is 17.4 Å². The van der Waals surface area contributed by atoms with Crippen LogP contribution in [0.5, 0.6) is 0 Å². The van der Waals surface area contributed by atoms with Crippen LogP contribution in [0.2, 0.25) is 0 Å². The van der Waals surface area contributed by atoms with Crippen molar-refractivity contribution in [3.8, 4) is 0 Å². The highest BCUT2D eigenvalue weighted by Crippen LogP contribution is 2.16. The van der Waals surface area contributed by atoms with Crippen LogP contribution >= 0.6 is 11.8 Å². The number of amides is 2. The lowest BCUT2D eigenvalue weighted by Gasteiger charge is -2.28. The molecule has 0 unspecified atom stereocenters. The number of rotatable bonds is 10. The summed E-state index contributed by atoms with van der Waals surface area (Å²) < 4.78 is 0. The normalized spacial score (nSPS) is 11.7. The zero-order chi connectivity index (χ0) is 20.4. The van der Waals surface area contributed by atoms with Crippen molar-refractivity contribution in [3.63, 3.8) is 0 Å². The highest BCUT2D eigenvalue weighted by molar-refractivity contribution is 7.99. The number of carbonyl (C=O) groups excluding carboxylic acids is 2. The van der Waals surface area contributed by atoms with E-state index >= 15 is 0 Å². The van der Waals surface area contributed by atoms with Gasteiger partial charge < -0.3 is 10.2 Å². The quantitative estimate of drug-likeness (QED) is 0.653. The minimum Gasteiger partial charge on any atom is -0.354 e. The maximum Gasteiger partial charge on any atom is 0.242 e. The fourth-order valence-electron chi connectivity index (χ4n) is 2.78. The van der Waals surface area contributed by atoms with Crippen LogP contribution in [0.3, 0.4) is 0 Å². The zero-order valence-corrected chi connectivity index (χ0v) is 17.8. The Kier molecular flexibility index (Phi) is 9.08. The van der Waals surface area contributed by atoms with Gasteiger partial charge in [-0.05, 0) is 31.4 Å². The number of nitrogens with zero attached hydrogens (tertiary/aromatic N) is 1. The van der Waals surface area contributed by atoms with Gasteiger partial charge in [-0.25, -0.2) is 0 Å². The third-order valence-corrected chi connectivity index (χ3v) is 5.52. The minimum atomic E-state index is -0.502. The van der Waals surface area contributed by atoms with Crippen molar-refractivity contribution in [1.82, 2.24) is 10.2 Å². The molecule has 2 amide bonds. The molecule has 1 atom stereocenters. The first kappa shape index (κ1) is 22.0. The summed E-state index contributed by atoms with van der Waals surface area (Å²) in [5, 5.41) is 2.90. The molecule has 0 aliphatic rings. The van der Waals surface area contributed by atoms with Crippen LogP contribution in [0.15, 0.2) is 54.6 Å². The van der Waals surface area contributed by atoms with E-state index in [9.17, 15) is 9.59 Å². The molecule has 28 heavy (non-hydrogen) atoms. The fourth-order valence-corrected chi connectivity index (χ4v) is 3.65. The van der Waals surface area contributed by atoms with Gasteiger partial charge in [0.15, 0.2) is 0 Å². The molecule has 0 fully saturated rings. The van der Waals surface area contributed by atoms with Gasteiger partial charge in [-0.15, -0.1) is 11.8 Å². The van der Waals surface area contributed by atoms with Crippen molar-refractivity contribution in [2.45, 2.75) is 45.5 Å². The predicted octanol–water partition coefficient (Wildman–Crippen LogP) is 4.17. The average molecular weight is 399 g/mol. The molecule has 4 nitrogen and oxygen atoms in total. The molecule has 0 aromatic heterocycles. The van der Waals surface area contributed by atoms with Gasteiger partial charge in [0, 0.05) is 18.8 Å². The number of thioether (sulfide) groups is 1. The van der Waals surface area contributed by atoms with Crippen molar-refractivity contribution in [3.05, 3.63) is 71.3 Å². The van der Waals surface area contributed by atoms with Crippen LogP contribution in [0, 0.1) is 6.92 Å². The van der Waals surface area contributed by atoms with Crippen LogP contribution in [-0.4, -0.2) is 35.1 Å². The molecule has 0 aliphatic heterocycles. The summed E-state index contributed by atoms with van der Waals surface area (Å²) in [6.45, 7) is 6.91. The summed E-state index contributed by atoms with van der Waals surface area (Å²) >= 11 is 1.58. The third-order valence-electron chi connectivity index (χ3n) is 4.53. The molecule has 5 heteroatoms. The molecular formula is C23H30N2O2S. The van der Waals surface area contributed by atoms with Crippen LogP contribution in [0.4, 0.5) is 0 Å². The van der Waals surface area contributed by atoms with Crippen LogP contribution < -0.4 is 5.32 Å². The van der Waals surface area contributed by atoms with E-state index in [1.807, 2.05) is 56.3 Å². The first-order chi connectivity index (χ1) is 13.5. The molecular weight excluding hydrogens is 368 g/mol. The van der Waals surface area contributed by atoms with Gasteiger partial charge in [-0.2, -0.15) is 0 Å². The summed E-state index contributed by atoms with van der Waals surface area (Å²) in [4.78, 5) is 27.1. The predicted molar refractivity (Wildman–Crippen MR) is 117 cm³/mol. The summed E-state index contributed by atoms with van der Waals surface area (Å²) in [6.07, 6.45) is 0.872. The molecule has 0 spiro atoms. The molecule has 2 aromatic rings. The largest absolute Gasteiger partial charge is 0.354 e. The Labute approximate surface area is 172 Å². The maximum absolute atomic E-state index is 12.9. The molecule has 1 N–H and O–H groups in total. The Morgan fingerprint density at radius 1 is 1.04 bits per heavy atom. The zero-order valence-electron chi connectivity index (χ0n) is 17.0. The second-order valence-corrected chi connectivity index (χ2v) is 7.94. The Morgan fingerprint density at radius 3 is 2.36 bits per heavy atom. The van der Waals surface area contributed by atoms with E-state index < -0.39 is 6.04 Å². The summed E-state index contributed by atoms with van der Waals surface area (Å²) in [6, 6.07) is 17.7. The number of aryl methyl sites for hydroxylation is 1. The number of nitrogens with one attached hydrogen (secondary N) is 1. The molecule has 2 rings (SSSR count). The van der Waals surface area contributed by atoms with Crippen LogP contribution in [0.1, 0.15) is 37.0 Å². The van der Waals surface area contributed by atoms with E-state index in [1.165, 1.54) is 11.1 Å². The maximum atomic E-state index is 12.9. The first-order valence-corrected chi connectivity index (χ1v) is 10.9. The van der Waals surface area contributed by atoms with Gasteiger partial charge in [0.25, 0.3) is 0 Å². The monoisotopic (exact) mass is 398 g/mol. The van der Waals surface area contributed by atoms with E-state index in [4.69, 9.17) is 0 Å². The van der Waals surface area contributed by atoms with Crippen molar-refractivity contribution in [2.24, 2.45) is 0 Å². The molecule has 0 saturated carbocycles. The van der Waals surface area contributed by atoms with Gasteiger partial charge in [0.2, 0.25) is 11.8 Å². The minimum absolute atomic E-state index is 0.0133. The van der Waals surface area contributed by atoms with Gasteiger partial charge in [-0.3, -0.25) is 9.59 Å². The Hall–Kier alpha value is -2.27. The number of hydrogen-bond acceptors (Lipinski definition) is 3. The van der Waals surface area contributed by atoms with Crippen molar-refractivity contribution >= 4 is 23.6 Å². The smallest absolute Gasteiger partial charge is 0.242 e. The van der Waals surface area contributed by atoms with E-state index in [0.717, 1.165) is 17.7 Å². The molecule has 0 bridgehead atoms. The molecule has 0 saturated heterocycles. The standard InChI is InChI=1S/C23H30N2O2S/c1-4-14-24-23(27)19(3)25(15-20-12-10-18(2)11-13-20)22(26)17-28-16-21-8-6-5-7-9-21/h5-13,19H,4,14-17H2,1-3H3,(H,24,27)/t19-/m1/s1. The Bertz CT molecular complexity index is 747. The van der Waals surface area contributed by atoms with Crippen molar-refractivity contribution in [2.75, 3.05) is 12.3 Å². The second-order valence-electron chi connectivity index (χ2n) is 6.95. The summed E-state index contributed by atoms with van der Waals surface area (Å²) in [5.74, 6) is 1.02. The number of carbonyl (C=O) groups is 2. The van der Waals surface area contributed by atoms with Gasteiger partial charge >= 0.3 is 0 Å². The van der Waals surface area contributed by atoms with Crippen LogP contribution in [0.25, 0.3) is 0 Å². The van der Waals surface area contributed by atoms with Crippen molar-refractivity contribution in [1.29, 1.82) is 0 Å². The van der Waals surface area contributed by atoms with E-state index in [-0.39, 0.29) is 11.8 Å². The lowest BCUT2D eigenvalue weighted by molar-refractivity contribution is -0.138. The Morgan fingerprint density at radius 2 is 1.71 bits per heavy atom. The topological polar surface area (TPSA) is 49.4 Å². The molecule has 150 valence electrons. The van der Waals surface area contributed by atoms with Crippen molar-refractivity contribution < 1.29 is 9.59 Å². The van der Waals surface area contributed by atoms with Crippen LogP contribution in [-0.2, 0) is 21.9 Å². The molecule has 0 heterocycles. The summed E-state index contributed by atoms with van der Waals surface area (Å²) in [5.41, 5.74) is 3.40. The highest BCUT2D eigenvalue weighted by atomic mass is 32.2. The van der Waals surface area contributed by atoms with Gasteiger partial charge in [0.1, 0.15) is 6.04 Å². The third kappa shape index (κ3) is 7.04. The highest BCUT2D eigenvalue weighted by Gasteiger charge is 2.25. The first-order valence-electron chi connectivity index (χ1n) is 9.75. The summed E-state index contributed by atoms with van der Waals surface area (Å²) in [7, 11) is 0. The second kappa shape index (κ2) is 11.5. The fraction of sp³-hybridized carbons (Fsp3) is 0.391. The molecule has 0 aliphatic carbocycles. The molecule has 0 radical (unpaired) electrons. The van der Waals surface area contributed by atoms with E-state index in [0.29, 0.717) is 18.8 Å². The Balaban J connectivity index is 2.03. The van der Waals surface area contributed by atoms with Gasteiger partial charge in [0.05, 0.1) is 5.75 Å². The molecule has 2 aromatic carbocycles.